The number of methoxy groups -OCH3 is 1. The zero-order chi connectivity index (χ0) is 21.8. The maximum absolute atomic E-state index is 12.0. The summed E-state index contributed by atoms with van der Waals surface area (Å²) in [6.45, 7) is 2.72. The fourth-order valence-corrected chi connectivity index (χ4v) is 4.05. The van der Waals surface area contributed by atoms with Gasteiger partial charge in [0.15, 0.2) is 0 Å². The van der Waals surface area contributed by atoms with Gasteiger partial charge in [-0.2, -0.15) is 0 Å². The molecular weight excluding hydrogens is 390 g/mol. The van der Waals surface area contributed by atoms with Gasteiger partial charge in [-0.05, 0) is 61.1 Å². The van der Waals surface area contributed by atoms with E-state index in [1.807, 2.05) is 31.3 Å². The molecule has 0 radical (unpaired) electrons. The zero-order valence-corrected chi connectivity index (χ0v) is 18.1. The molecule has 2 aromatic heterocycles. The Morgan fingerprint density at radius 3 is 2.81 bits per heavy atom. The summed E-state index contributed by atoms with van der Waals surface area (Å²) in [5, 5.41) is 3.41. The smallest absolute Gasteiger partial charge is 0.340 e. The van der Waals surface area contributed by atoms with Crippen molar-refractivity contribution in [1.82, 2.24) is 15.0 Å². The second kappa shape index (κ2) is 9.12. The average molecular weight is 418 g/mol. The van der Waals surface area contributed by atoms with Gasteiger partial charge in [-0.1, -0.05) is 6.07 Å². The minimum absolute atomic E-state index is 0.361. The lowest BCUT2D eigenvalue weighted by Crippen LogP contribution is -2.20. The summed E-state index contributed by atoms with van der Waals surface area (Å²) in [7, 11) is 3.38. The third kappa shape index (κ3) is 4.50. The van der Waals surface area contributed by atoms with Crippen LogP contribution in [0.25, 0.3) is 0 Å². The highest BCUT2D eigenvalue weighted by atomic mass is 16.5. The number of pyridine rings is 1. The molecule has 2 heterocycles. The van der Waals surface area contributed by atoms with E-state index in [2.05, 4.69) is 38.5 Å². The zero-order valence-electron chi connectivity index (χ0n) is 18.1. The van der Waals surface area contributed by atoms with Crippen molar-refractivity contribution in [2.45, 2.75) is 32.1 Å². The predicted octanol–water partition coefficient (Wildman–Crippen LogP) is 4.27. The van der Waals surface area contributed by atoms with Crippen molar-refractivity contribution in [2.75, 3.05) is 30.9 Å². The molecule has 3 aromatic rings. The van der Waals surface area contributed by atoms with Gasteiger partial charge in [0.25, 0.3) is 0 Å². The molecule has 0 spiro atoms. The van der Waals surface area contributed by atoms with Crippen LogP contribution in [0.2, 0.25) is 0 Å². The Morgan fingerprint density at radius 2 is 2.03 bits per heavy atom. The van der Waals surface area contributed by atoms with E-state index in [0.29, 0.717) is 23.1 Å². The van der Waals surface area contributed by atoms with E-state index in [9.17, 15) is 4.79 Å². The van der Waals surface area contributed by atoms with Crippen LogP contribution in [0, 0.1) is 6.92 Å². The molecule has 0 bridgehead atoms. The monoisotopic (exact) mass is 417 g/mol. The van der Waals surface area contributed by atoms with Crippen molar-refractivity contribution in [2.24, 2.45) is 0 Å². The number of hydrogen-bond donors (Lipinski definition) is 1. The molecule has 1 aliphatic rings. The van der Waals surface area contributed by atoms with Gasteiger partial charge in [0, 0.05) is 43.8 Å². The first-order valence-electron chi connectivity index (χ1n) is 10.5. The van der Waals surface area contributed by atoms with Gasteiger partial charge in [0.05, 0.1) is 24.6 Å². The average Bonchev–Trinajstić information content (AvgIpc) is 2.82. The van der Waals surface area contributed by atoms with E-state index >= 15 is 0 Å². The third-order valence-corrected chi connectivity index (χ3v) is 5.78. The summed E-state index contributed by atoms with van der Waals surface area (Å²) >= 11 is 0. The summed E-state index contributed by atoms with van der Waals surface area (Å²) in [5.41, 5.74) is 6.04. The summed E-state index contributed by atoms with van der Waals surface area (Å²) in [6.07, 6.45) is 10.2. The number of nitrogens with zero attached hydrogens (tertiary/aromatic N) is 4. The molecule has 7 nitrogen and oxygen atoms in total. The van der Waals surface area contributed by atoms with Crippen LogP contribution in [0.15, 0.2) is 49.1 Å². The number of aromatic nitrogens is 3. The quantitative estimate of drug-likeness (QED) is 0.600. The fourth-order valence-electron chi connectivity index (χ4n) is 4.05. The molecule has 1 N–H and O–H groups in total. The number of hydrogen-bond acceptors (Lipinski definition) is 7. The molecule has 0 amide bonds. The number of benzene rings is 1. The van der Waals surface area contributed by atoms with Crippen molar-refractivity contribution < 1.29 is 9.53 Å². The lowest BCUT2D eigenvalue weighted by atomic mass is 9.82. The molecule has 1 aliphatic carbocycles. The van der Waals surface area contributed by atoms with Gasteiger partial charge >= 0.3 is 5.97 Å². The van der Waals surface area contributed by atoms with Crippen LogP contribution < -0.4 is 10.2 Å². The Bertz CT molecular complexity index is 1070. The lowest BCUT2D eigenvalue weighted by molar-refractivity contribution is 0.0601. The molecule has 160 valence electrons. The highest BCUT2D eigenvalue weighted by molar-refractivity contribution is 5.95. The molecular formula is C24H27N5O2. The Hall–Kier alpha value is -3.48. The van der Waals surface area contributed by atoms with Gasteiger partial charge in [0.1, 0.15) is 0 Å². The summed E-state index contributed by atoms with van der Waals surface area (Å²) in [6, 6.07) is 8.27. The van der Waals surface area contributed by atoms with Crippen molar-refractivity contribution in [3.05, 3.63) is 71.3 Å². The molecule has 0 saturated carbocycles. The van der Waals surface area contributed by atoms with Gasteiger partial charge in [0.2, 0.25) is 5.95 Å². The van der Waals surface area contributed by atoms with Crippen LogP contribution in [0.5, 0.6) is 0 Å². The first-order valence-corrected chi connectivity index (χ1v) is 10.5. The number of anilines is 3. The van der Waals surface area contributed by atoms with Gasteiger partial charge in [-0.25, -0.2) is 14.8 Å². The number of carbonyl (C=O) groups excluding carboxylic acids is 1. The molecule has 0 aliphatic heterocycles. The molecule has 1 atom stereocenters. The minimum Gasteiger partial charge on any atom is -0.465 e. The largest absolute Gasteiger partial charge is 0.465 e. The standard InChI is InChI=1S/C24H27N5O2/c1-16-12-27-24(28-13-16)29(2)19-7-8-20-17(11-19)5-4-6-18(20)14-26-22-15-25-10-9-21(22)23(30)31-3/h7-13,15,18,26H,4-6,14H2,1-3H3/t18-/m0/s1. The maximum atomic E-state index is 12.0. The van der Waals surface area contributed by atoms with E-state index in [1.54, 1.807) is 18.5 Å². The minimum atomic E-state index is -0.361. The Labute approximate surface area is 182 Å². The number of nitrogens with one attached hydrogen (secondary N) is 1. The summed E-state index contributed by atoms with van der Waals surface area (Å²) in [4.78, 5) is 27.0. The molecule has 31 heavy (non-hydrogen) atoms. The molecule has 1 aromatic carbocycles. The van der Waals surface area contributed by atoms with Crippen molar-refractivity contribution >= 4 is 23.3 Å². The number of fused-ring (bicyclic) bond motifs is 1. The first kappa shape index (κ1) is 20.8. The second-order valence-electron chi connectivity index (χ2n) is 7.89. The summed E-state index contributed by atoms with van der Waals surface area (Å²) in [5.74, 6) is 0.691. The van der Waals surface area contributed by atoms with Crippen molar-refractivity contribution in [3.63, 3.8) is 0 Å². The number of rotatable bonds is 6. The van der Waals surface area contributed by atoms with E-state index in [-0.39, 0.29) is 5.97 Å². The van der Waals surface area contributed by atoms with Crippen LogP contribution in [-0.4, -0.2) is 41.6 Å². The number of aryl methyl sites for hydroxylation is 2. The second-order valence-corrected chi connectivity index (χ2v) is 7.89. The SMILES string of the molecule is COC(=O)c1ccncc1NC[C@@H]1CCCc2cc(N(C)c3ncc(C)cn3)ccc21. The van der Waals surface area contributed by atoms with Crippen molar-refractivity contribution in [3.8, 4) is 0 Å². The highest BCUT2D eigenvalue weighted by Gasteiger charge is 2.22. The molecule has 0 fully saturated rings. The van der Waals surface area contributed by atoms with Crippen LogP contribution in [-0.2, 0) is 11.2 Å². The van der Waals surface area contributed by atoms with E-state index in [4.69, 9.17) is 4.74 Å². The van der Waals surface area contributed by atoms with Crippen LogP contribution in [0.3, 0.4) is 0 Å². The van der Waals surface area contributed by atoms with E-state index in [0.717, 1.165) is 37.1 Å². The van der Waals surface area contributed by atoms with Crippen LogP contribution in [0.1, 0.15) is 45.8 Å². The summed E-state index contributed by atoms with van der Waals surface area (Å²) < 4.78 is 4.88. The molecule has 7 heteroatoms. The fraction of sp³-hybridized carbons (Fsp3) is 0.333. The first-order chi connectivity index (χ1) is 15.1. The molecule has 4 rings (SSSR count). The number of carbonyl (C=O) groups is 1. The van der Waals surface area contributed by atoms with Crippen LogP contribution in [0.4, 0.5) is 17.3 Å². The normalized spacial score (nSPS) is 15.1. The van der Waals surface area contributed by atoms with Gasteiger partial charge in [-0.3, -0.25) is 4.98 Å². The van der Waals surface area contributed by atoms with E-state index in [1.165, 1.54) is 18.2 Å². The Kier molecular flexibility index (Phi) is 6.11. The Morgan fingerprint density at radius 1 is 1.23 bits per heavy atom. The topological polar surface area (TPSA) is 80.2 Å². The maximum Gasteiger partial charge on any atom is 0.340 e. The third-order valence-electron chi connectivity index (χ3n) is 5.78. The van der Waals surface area contributed by atoms with Gasteiger partial charge < -0.3 is 15.0 Å². The predicted molar refractivity (Wildman–Crippen MR) is 121 cm³/mol. The van der Waals surface area contributed by atoms with Crippen molar-refractivity contribution in [1.29, 1.82) is 0 Å². The lowest BCUT2D eigenvalue weighted by Gasteiger charge is -2.28. The van der Waals surface area contributed by atoms with Crippen LogP contribution >= 0.6 is 0 Å². The number of ether oxygens (including phenoxy) is 1. The Balaban J connectivity index is 1.51. The molecule has 0 unspecified atom stereocenters. The highest BCUT2D eigenvalue weighted by Crippen LogP contribution is 2.35. The van der Waals surface area contributed by atoms with Gasteiger partial charge in [-0.15, -0.1) is 0 Å². The molecule has 0 saturated heterocycles. The van der Waals surface area contributed by atoms with E-state index < -0.39 is 0 Å². The number of esters is 1.